The molecule has 0 spiro atoms. The summed E-state index contributed by atoms with van der Waals surface area (Å²) in [6, 6.07) is 4.63. The number of carbonyl (C=O) groups excluding carboxylic acids is 1. The molecule has 1 N–H and O–H groups in total. The van der Waals surface area contributed by atoms with Gasteiger partial charge in [0.05, 0.1) is 5.75 Å². The number of thioether (sulfide) groups is 1. The third-order valence-corrected chi connectivity index (χ3v) is 5.49. The Bertz CT molecular complexity index is 724. The molecule has 2 saturated carbocycles. The van der Waals surface area contributed by atoms with Gasteiger partial charge in [0.2, 0.25) is 5.91 Å². The molecule has 2 aliphatic carbocycles. The summed E-state index contributed by atoms with van der Waals surface area (Å²) in [6.07, 6.45) is 8.31. The number of carbonyl (C=O) groups is 1. The molecule has 24 heavy (non-hydrogen) atoms. The van der Waals surface area contributed by atoms with Crippen molar-refractivity contribution in [3.05, 3.63) is 24.5 Å². The van der Waals surface area contributed by atoms with Gasteiger partial charge in [-0.25, -0.2) is 0 Å². The van der Waals surface area contributed by atoms with Crippen molar-refractivity contribution in [3.8, 4) is 11.4 Å². The highest BCUT2D eigenvalue weighted by Crippen LogP contribution is 2.41. The Morgan fingerprint density at radius 2 is 2.21 bits per heavy atom. The van der Waals surface area contributed by atoms with Crippen LogP contribution >= 0.6 is 11.8 Å². The lowest BCUT2D eigenvalue weighted by Gasteiger charge is -2.12. The lowest BCUT2D eigenvalue weighted by Crippen LogP contribution is -2.35. The van der Waals surface area contributed by atoms with E-state index in [0.717, 1.165) is 29.4 Å². The van der Waals surface area contributed by atoms with Crippen molar-refractivity contribution in [1.29, 1.82) is 0 Å². The van der Waals surface area contributed by atoms with E-state index in [4.69, 9.17) is 0 Å². The summed E-state index contributed by atoms with van der Waals surface area (Å²) in [5.74, 6) is 1.98. The van der Waals surface area contributed by atoms with Crippen molar-refractivity contribution in [3.63, 3.8) is 0 Å². The Morgan fingerprint density at radius 1 is 1.38 bits per heavy atom. The Labute approximate surface area is 145 Å². The van der Waals surface area contributed by atoms with E-state index in [9.17, 15) is 4.79 Å². The highest BCUT2D eigenvalue weighted by molar-refractivity contribution is 7.99. The summed E-state index contributed by atoms with van der Waals surface area (Å²) in [6.45, 7) is 2.09. The van der Waals surface area contributed by atoms with E-state index in [1.54, 1.807) is 12.4 Å². The highest BCUT2D eigenvalue weighted by atomic mass is 32.2. The third-order valence-electron chi connectivity index (χ3n) is 4.55. The van der Waals surface area contributed by atoms with E-state index in [1.165, 1.54) is 24.6 Å². The molecular formula is C17H21N5OS. The fourth-order valence-electron chi connectivity index (χ4n) is 2.87. The normalized spacial score (nSPS) is 18.4. The second kappa shape index (κ2) is 6.55. The zero-order chi connectivity index (χ0) is 16.5. The molecule has 2 aromatic rings. The van der Waals surface area contributed by atoms with Gasteiger partial charge < -0.3 is 5.32 Å². The number of nitrogens with one attached hydrogen (secondary N) is 1. The molecule has 0 bridgehead atoms. The average Bonchev–Trinajstić information content (AvgIpc) is 3.51. The van der Waals surface area contributed by atoms with E-state index in [2.05, 4.69) is 32.0 Å². The molecule has 0 saturated heterocycles. The van der Waals surface area contributed by atoms with Crippen LogP contribution in [-0.2, 0) is 4.79 Å². The first kappa shape index (κ1) is 15.6. The second-order valence-corrected chi connectivity index (χ2v) is 7.57. The van der Waals surface area contributed by atoms with Crippen molar-refractivity contribution in [2.45, 2.75) is 49.8 Å². The van der Waals surface area contributed by atoms with E-state index in [1.807, 2.05) is 12.1 Å². The van der Waals surface area contributed by atoms with Crippen LogP contribution in [0.25, 0.3) is 11.4 Å². The van der Waals surface area contributed by atoms with Crippen LogP contribution in [0.3, 0.4) is 0 Å². The third kappa shape index (κ3) is 3.45. The van der Waals surface area contributed by atoms with Crippen LogP contribution in [0.2, 0.25) is 0 Å². The fraction of sp³-hybridized carbons (Fsp3) is 0.529. The Kier molecular flexibility index (Phi) is 4.26. The van der Waals surface area contributed by atoms with E-state index in [-0.39, 0.29) is 11.9 Å². The lowest BCUT2D eigenvalue weighted by molar-refractivity contribution is -0.119. The fourth-order valence-corrected chi connectivity index (χ4v) is 3.69. The number of hydrogen-bond acceptors (Lipinski definition) is 5. The maximum absolute atomic E-state index is 12.1. The topological polar surface area (TPSA) is 72.7 Å². The predicted octanol–water partition coefficient (Wildman–Crippen LogP) is 2.68. The van der Waals surface area contributed by atoms with Crippen molar-refractivity contribution in [2.75, 3.05) is 5.75 Å². The maximum atomic E-state index is 12.1. The lowest BCUT2D eigenvalue weighted by atomic mass is 10.2. The SMILES string of the molecule is C[C@H](NC(=O)CSc1nnc(-c2cccnc2)n1C1CC1)C1CC1. The molecule has 126 valence electrons. The molecule has 4 rings (SSSR count). The number of pyridine rings is 1. The minimum atomic E-state index is 0.0766. The quantitative estimate of drug-likeness (QED) is 0.783. The van der Waals surface area contributed by atoms with Gasteiger partial charge in [0.25, 0.3) is 0 Å². The zero-order valence-electron chi connectivity index (χ0n) is 13.7. The van der Waals surface area contributed by atoms with Crippen LogP contribution in [-0.4, -0.2) is 37.5 Å². The standard InChI is InChI=1S/C17H21N5OS/c1-11(12-4-5-12)19-15(23)10-24-17-21-20-16(22(17)14-6-7-14)13-3-2-8-18-9-13/h2-3,8-9,11-12,14H,4-7,10H2,1H3,(H,19,23)/t11-/m0/s1. The summed E-state index contributed by atoms with van der Waals surface area (Å²) in [5.41, 5.74) is 0.968. The van der Waals surface area contributed by atoms with Gasteiger partial charge >= 0.3 is 0 Å². The second-order valence-electron chi connectivity index (χ2n) is 6.63. The molecule has 2 heterocycles. The summed E-state index contributed by atoms with van der Waals surface area (Å²) in [4.78, 5) is 16.3. The molecule has 1 atom stereocenters. The van der Waals surface area contributed by atoms with Crippen LogP contribution in [0.1, 0.15) is 38.6 Å². The van der Waals surface area contributed by atoms with Gasteiger partial charge in [-0.15, -0.1) is 10.2 Å². The van der Waals surface area contributed by atoms with E-state index >= 15 is 0 Å². The van der Waals surface area contributed by atoms with Gasteiger partial charge in [0.1, 0.15) is 0 Å². The minimum Gasteiger partial charge on any atom is -0.353 e. The molecule has 0 radical (unpaired) electrons. The number of aromatic nitrogens is 4. The van der Waals surface area contributed by atoms with Crippen molar-refractivity contribution in [2.24, 2.45) is 5.92 Å². The molecule has 0 unspecified atom stereocenters. The summed E-state index contributed by atoms with van der Waals surface area (Å²) >= 11 is 1.47. The molecule has 2 aromatic heterocycles. The molecular weight excluding hydrogens is 322 g/mol. The summed E-state index contributed by atoms with van der Waals surface area (Å²) in [5, 5.41) is 12.6. The zero-order valence-corrected chi connectivity index (χ0v) is 14.5. The van der Waals surface area contributed by atoms with Gasteiger partial charge in [0, 0.05) is 30.0 Å². The first-order chi connectivity index (χ1) is 11.7. The number of amides is 1. The number of rotatable bonds is 7. The Balaban J connectivity index is 1.45. The van der Waals surface area contributed by atoms with Crippen molar-refractivity contribution < 1.29 is 4.79 Å². The minimum absolute atomic E-state index is 0.0766. The van der Waals surface area contributed by atoms with Crippen LogP contribution in [0.15, 0.2) is 29.7 Å². The van der Waals surface area contributed by atoms with Gasteiger partial charge in [-0.3, -0.25) is 14.3 Å². The monoisotopic (exact) mass is 343 g/mol. The van der Waals surface area contributed by atoms with Gasteiger partial charge in [-0.05, 0) is 50.7 Å². The molecule has 6 nitrogen and oxygen atoms in total. The smallest absolute Gasteiger partial charge is 0.230 e. The van der Waals surface area contributed by atoms with Gasteiger partial charge in [0.15, 0.2) is 11.0 Å². The van der Waals surface area contributed by atoms with E-state index in [0.29, 0.717) is 17.7 Å². The maximum Gasteiger partial charge on any atom is 0.230 e. The van der Waals surface area contributed by atoms with Crippen molar-refractivity contribution in [1.82, 2.24) is 25.1 Å². The first-order valence-corrected chi connectivity index (χ1v) is 9.48. The number of hydrogen-bond donors (Lipinski definition) is 1. The largest absolute Gasteiger partial charge is 0.353 e. The molecule has 0 aromatic carbocycles. The van der Waals surface area contributed by atoms with Crippen LogP contribution in [0, 0.1) is 5.92 Å². The molecule has 2 fully saturated rings. The molecule has 7 heteroatoms. The molecule has 1 amide bonds. The number of nitrogens with zero attached hydrogens (tertiary/aromatic N) is 4. The van der Waals surface area contributed by atoms with Gasteiger partial charge in [-0.1, -0.05) is 11.8 Å². The van der Waals surface area contributed by atoms with Gasteiger partial charge in [-0.2, -0.15) is 0 Å². The van der Waals surface area contributed by atoms with Crippen LogP contribution in [0.4, 0.5) is 0 Å². The summed E-state index contributed by atoms with van der Waals surface area (Å²) < 4.78 is 2.17. The molecule has 2 aliphatic rings. The van der Waals surface area contributed by atoms with Crippen molar-refractivity contribution >= 4 is 17.7 Å². The summed E-state index contributed by atoms with van der Waals surface area (Å²) in [7, 11) is 0. The predicted molar refractivity (Wildman–Crippen MR) is 92.6 cm³/mol. The Morgan fingerprint density at radius 3 is 2.88 bits per heavy atom. The average molecular weight is 343 g/mol. The first-order valence-electron chi connectivity index (χ1n) is 8.50. The Hall–Kier alpha value is -1.89. The highest BCUT2D eigenvalue weighted by Gasteiger charge is 2.31. The molecule has 0 aliphatic heterocycles. The van der Waals surface area contributed by atoms with E-state index < -0.39 is 0 Å². The van der Waals surface area contributed by atoms with Crippen LogP contribution in [0.5, 0.6) is 0 Å². The van der Waals surface area contributed by atoms with Crippen LogP contribution < -0.4 is 5.32 Å².